The van der Waals surface area contributed by atoms with Crippen molar-refractivity contribution in [2.24, 2.45) is 0 Å². The number of benzene rings is 1. The highest BCUT2D eigenvalue weighted by molar-refractivity contribution is 5.89. The van der Waals surface area contributed by atoms with Gasteiger partial charge < -0.3 is 5.11 Å². The van der Waals surface area contributed by atoms with Gasteiger partial charge in [-0.2, -0.15) is 0 Å². The first-order valence-corrected chi connectivity index (χ1v) is 6.61. The maximum absolute atomic E-state index is 11.1. The van der Waals surface area contributed by atoms with Gasteiger partial charge in [0.1, 0.15) is 0 Å². The van der Waals surface area contributed by atoms with Gasteiger partial charge in [-0.1, -0.05) is 41.5 Å². The van der Waals surface area contributed by atoms with Crippen molar-refractivity contribution in [3.63, 3.8) is 0 Å². The van der Waals surface area contributed by atoms with Crippen LogP contribution in [-0.4, -0.2) is 11.1 Å². The number of hydrogen-bond acceptors (Lipinski definition) is 1. The summed E-state index contributed by atoms with van der Waals surface area (Å²) in [5.74, 6) is -0.855. The van der Waals surface area contributed by atoms with Crippen molar-refractivity contribution in [3.05, 3.63) is 58.7 Å². The standard InChI is InChI=1S/C17H22O2/c1-13(2)7-6-8-14(3)11-12-15-9-4-5-10-16(15)17(18)19/h4-5,7,9-11H,6,8,12H2,1-3H3,(H,18,19). The topological polar surface area (TPSA) is 37.3 Å². The van der Waals surface area contributed by atoms with Crippen molar-refractivity contribution in [2.45, 2.75) is 40.0 Å². The Bertz CT molecular complexity index is 492. The molecule has 102 valence electrons. The highest BCUT2D eigenvalue weighted by Gasteiger charge is 2.07. The second-order valence-corrected chi connectivity index (χ2v) is 5.04. The molecule has 0 amide bonds. The zero-order valence-corrected chi connectivity index (χ0v) is 11.9. The second kappa shape index (κ2) is 7.57. The number of carboxylic acid groups (broad SMARTS) is 1. The average Bonchev–Trinajstić information content (AvgIpc) is 2.36. The largest absolute Gasteiger partial charge is 0.478 e. The van der Waals surface area contributed by atoms with Gasteiger partial charge in [-0.3, -0.25) is 0 Å². The van der Waals surface area contributed by atoms with Crippen LogP contribution in [-0.2, 0) is 6.42 Å². The smallest absolute Gasteiger partial charge is 0.335 e. The van der Waals surface area contributed by atoms with Crippen LogP contribution >= 0.6 is 0 Å². The predicted octanol–water partition coefficient (Wildman–Crippen LogP) is 4.62. The first kappa shape index (κ1) is 15.2. The van der Waals surface area contributed by atoms with E-state index in [1.807, 2.05) is 12.1 Å². The molecule has 0 radical (unpaired) electrons. The molecular formula is C17H22O2. The number of carbonyl (C=O) groups is 1. The normalized spacial score (nSPS) is 11.2. The molecule has 0 atom stereocenters. The Labute approximate surface area is 115 Å². The van der Waals surface area contributed by atoms with Crippen LogP contribution in [0.25, 0.3) is 0 Å². The number of rotatable bonds is 6. The fraction of sp³-hybridized carbons (Fsp3) is 0.353. The molecule has 1 N–H and O–H groups in total. The van der Waals surface area contributed by atoms with Crippen LogP contribution in [0, 0.1) is 0 Å². The minimum absolute atomic E-state index is 0.399. The molecule has 1 aromatic rings. The molecule has 0 fully saturated rings. The fourth-order valence-electron chi connectivity index (χ4n) is 1.88. The van der Waals surface area contributed by atoms with Gasteiger partial charge in [0.15, 0.2) is 0 Å². The molecule has 0 aliphatic heterocycles. The van der Waals surface area contributed by atoms with Crippen LogP contribution < -0.4 is 0 Å². The Morgan fingerprint density at radius 2 is 1.84 bits per heavy atom. The molecule has 2 heteroatoms. The molecule has 19 heavy (non-hydrogen) atoms. The Morgan fingerprint density at radius 3 is 2.47 bits per heavy atom. The van der Waals surface area contributed by atoms with Gasteiger partial charge >= 0.3 is 5.97 Å². The second-order valence-electron chi connectivity index (χ2n) is 5.04. The van der Waals surface area contributed by atoms with Gasteiger partial charge in [-0.05, 0) is 51.7 Å². The predicted molar refractivity (Wildman–Crippen MR) is 79.5 cm³/mol. The van der Waals surface area contributed by atoms with E-state index in [0.717, 1.165) is 18.4 Å². The summed E-state index contributed by atoms with van der Waals surface area (Å²) in [6.45, 7) is 6.30. The lowest BCUT2D eigenvalue weighted by Crippen LogP contribution is -2.01. The van der Waals surface area contributed by atoms with E-state index in [9.17, 15) is 4.79 Å². The molecule has 0 aliphatic carbocycles. The summed E-state index contributed by atoms with van der Waals surface area (Å²) >= 11 is 0. The first-order valence-electron chi connectivity index (χ1n) is 6.61. The lowest BCUT2D eigenvalue weighted by Gasteiger charge is -2.04. The minimum atomic E-state index is -0.855. The Hall–Kier alpha value is -1.83. The minimum Gasteiger partial charge on any atom is -0.478 e. The molecular weight excluding hydrogens is 236 g/mol. The quantitative estimate of drug-likeness (QED) is 0.756. The lowest BCUT2D eigenvalue weighted by atomic mass is 10.0. The van der Waals surface area contributed by atoms with Crippen LogP contribution in [0.5, 0.6) is 0 Å². The summed E-state index contributed by atoms with van der Waals surface area (Å²) in [4.78, 5) is 11.1. The molecule has 0 aromatic heterocycles. The van der Waals surface area contributed by atoms with Crippen molar-refractivity contribution in [2.75, 3.05) is 0 Å². The maximum Gasteiger partial charge on any atom is 0.335 e. The van der Waals surface area contributed by atoms with Gasteiger partial charge in [-0.15, -0.1) is 0 Å². The van der Waals surface area contributed by atoms with Crippen molar-refractivity contribution >= 4 is 5.97 Å². The molecule has 0 spiro atoms. The van der Waals surface area contributed by atoms with E-state index >= 15 is 0 Å². The monoisotopic (exact) mass is 258 g/mol. The zero-order valence-electron chi connectivity index (χ0n) is 11.9. The van der Waals surface area contributed by atoms with E-state index in [0.29, 0.717) is 12.0 Å². The number of allylic oxidation sites excluding steroid dienone is 4. The van der Waals surface area contributed by atoms with Crippen LogP contribution in [0.4, 0.5) is 0 Å². The highest BCUT2D eigenvalue weighted by Crippen LogP contribution is 2.13. The third kappa shape index (κ3) is 5.56. The van der Waals surface area contributed by atoms with E-state index in [2.05, 4.69) is 32.9 Å². The lowest BCUT2D eigenvalue weighted by molar-refractivity contribution is 0.0696. The van der Waals surface area contributed by atoms with Gasteiger partial charge in [0.2, 0.25) is 0 Å². The third-order valence-corrected chi connectivity index (χ3v) is 3.01. The average molecular weight is 258 g/mol. The third-order valence-electron chi connectivity index (χ3n) is 3.01. The van der Waals surface area contributed by atoms with Crippen LogP contribution in [0.3, 0.4) is 0 Å². The fourth-order valence-corrected chi connectivity index (χ4v) is 1.88. The van der Waals surface area contributed by atoms with E-state index < -0.39 is 5.97 Å². The van der Waals surface area contributed by atoms with Gasteiger partial charge in [0.25, 0.3) is 0 Å². The summed E-state index contributed by atoms with van der Waals surface area (Å²) in [5, 5.41) is 9.10. The van der Waals surface area contributed by atoms with Crippen molar-refractivity contribution in [3.8, 4) is 0 Å². The van der Waals surface area contributed by atoms with Crippen molar-refractivity contribution in [1.82, 2.24) is 0 Å². The molecule has 0 aliphatic rings. The molecule has 2 nitrogen and oxygen atoms in total. The Kier molecular flexibility index (Phi) is 6.07. The van der Waals surface area contributed by atoms with E-state index in [4.69, 9.17) is 5.11 Å². The number of aromatic carboxylic acids is 1. The van der Waals surface area contributed by atoms with E-state index in [1.54, 1.807) is 12.1 Å². The summed E-state index contributed by atoms with van der Waals surface area (Å²) in [5.41, 5.74) is 3.91. The van der Waals surface area contributed by atoms with Crippen LogP contribution in [0.15, 0.2) is 47.6 Å². The molecule has 0 unspecified atom stereocenters. The summed E-state index contributed by atoms with van der Waals surface area (Å²) in [7, 11) is 0. The summed E-state index contributed by atoms with van der Waals surface area (Å²) in [6, 6.07) is 7.18. The van der Waals surface area contributed by atoms with Crippen LogP contribution in [0.1, 0.15) is 49.5 Å². The van der Waals surface area contributed by atoms with Crippen molar-refractivity contribution < 1.29 is 9.90 Å². The molecule has 1 rings (SSSR count). The van der Waals surface area contributed by atoms with Crippen LogP contribution in [0.2, 0.25) is 0 Å². The molecule has 1 aromatic carbocycles. The van der Waals surface area contributed by atoms with Crippen molar-refractivity contribution in [1.29, 1.82) is 0 Å². The highest BCUT2D eigenvalue weighted by atomic mass is 16.4. The maximum atomic E-state index is 11.1. The zero-order chi connectivity index (χ0) is 14.3. The Balaban J connectivity index is 2.65. The first-order chi connectivity index (χ1) is 9.00. The van der Waals surface area contributed by atoms with Gasteiger partial charge in [0, 0.05) is 0 Å². The SMILES string of the molecule is CC(C)=CCCC(C)=CCc1ccccc1C(=O)O. The summed E-state index contributed by atoms with van der Waals surface area (Å²) < 4.78 is 0. The molecule has 0 saturated carbocycles. The van der Waals surface area contributed by atoms with Gasteiger partial charge in [-0.25, -0.2) is 4.79 Å². The van der Waals surface area contributed by atoms with E-state index in [1.165, 1.54) is 11.1 Å². The molecule has 0 saturated heterocycles. The number of hydrogen-bond donors (Lipinski definition) is 1. The Morgan fingerprint density at radius 1 is 1.16 bits per heavy atom. The number of carboxylic acids is 1. The summed E-state index contributed by atoms with van der Waals surface area (Å²) in [6.07, 6.45) is 7.11. The van der Waals surface area contributed by atoms with Gasteiger partial charge in [0.05, 0.1) is 5.56 Å². The van der Waals surface area contributed by atoms with E-state index in [-0.39, 0.29) is 0 Å². The molecule has 0 heterocycles. The molecule has 0 bridgehead atoms.